The van der Waals surface area contributed by atoms with Gasteiger partial charge in [0.25, 0.3) is 0 Å². The maximum Gasteiger partial charge on any atom is 0.224 e. The molecule has 1 amide bonds. The van der Waals surface area contributed by atoms with Crippen molar-refractivity contribution in [3.8, 4) is 11.1 Å². The van der Waals surface area contributed by atoms with E-state index in [1.54, 1.807) is 0 Å². The van der Waals surface area contributed by atoms with Gasteiger partial charge in [-0.1, -0.05) is 79.2 Å². The lowest BCUT2D eigenvalue weighted by Gasteiger charge is -2.08. The summed E-state index contributed by atoms with van der Waals surface area (Å²) in [6.45, 7) is 5.37. The summed E-state index contributed by atoms with van der Waals surface area (Å²) < 4.78 is 2.24. The summed E-state index contributed by atoms with van der Waals surface area (Å²) in [5.74, 6) is 1.19. The third-order valence-electron chi connectivity index (χ3n) is 5.87. The standard InChI is InChI=1S/C29H31N3O/c1-2-21-32-27-14-9-8-13-26(27)31-28(32)15-7-4-10-20-30-29(33)22-23-16-18-25(19-17-23)24-11-5-3-6-12-24/h2-3,5-6,8-9,11-14,16-19H,1,4,7,10,15,20-22H2,(H,30,33). The minimum atomic E-state index is 0.0789. The number of hydrogen-bond donors (Lipinski definition) is 1. The Morgan fingerprint density at radius 2 is 1.61 bits per heavy atom. The number of carbonyl (C=O) groups excluding carboxylic acids is 1. The minimum absolute atomic E-state index is 0.0789. The number of rotatable bonds is 11. The van der Waals surface area contributed by atoms with E-state index in [-0.39, 0.29) is 5.91 Å². The van der Waals surface area contributed by atoms with Gasteiger partial charge in [0.15, 0.2) is 0 Å². The highest BCUT2D eigenvalue weighted by molar-refractivity contribution is 5.79. The molecule has 0 spiro atoms. The van der Waals surface area contributed by atoms with Crippen molar-refractivity contribution in [3.63, 3.8) is 0 Å². The second kappa shape index (κ2) is 11.3. The highest BCUT2D eigenvalue weighted by atomic mass is 16.1. The third kappa shape index (κ3) is 5.98. The molecule has 0 atom stereocenters. The molecular weight excluding hydrogens is 406 g/mol. The maximum atomic E-state index is 12.3. The number of carbonyl (C=O) groups is 1. The molecule has 0 unspecified atom stereocenters. The van der Waals surface area contributed by atoms with Gasteiger partial charge in [0, 0.05) is 19.5 Å². The number of benzene rings is 3. The molecule has 1 aromatic heterocycles. The number of aromatic nitrogens is 2. The van der Waals surface area contributed by atoms with E-state index < -0.39 is 0 Å². The zero-order chi connectivity index (χ0) is 22.9. The van der Waals surface area contributed by atoms with Crippen molar-refractivity contribution in [1.82, 2.24) is 14.9 Å². The van der Waals surface area contributed by atoms with Crippen molar-refractivity contribution in [3.05, 3.63) is 103 Å². The van der Waals surface area contributed by atoms with Crippen molar-refractivity contribution >= 4 is 16.9 Å². The monoisotopic (exact) mass is 437 g/mol. The smallest absolute Gasteiger partial charge is 0.224 e. The Morgan fingerprint density at radius 1 is 0.879 bits per heavy atom. The first-order valence-electron chi connectivity index (χ1n) is 11.7. The quantitative estimate of drug-likeness (QED) is 0.232. The Bertz CT molecular complexity index is 1190. The fourth-order valence-electron chi connectivity index (χ4n) is 4.16. The largest absolute Gasteiger partial charge is 0.356 e. The first-order valence-corrected chi connectivity index (χ1v) is 11.7. The first-order chi connectivity index (χ1) is 16.2. The Kier molecular flexibility index (Phi) is 7.70. The lowest BCUT2D eigenvalue weighted by Crippen LogP contribution is -2.26. The molecule has 4 rings (SSSR count). The van der Waals surface area contributed by atoms with Crippen LogP contribution >= 0.6 is 0 Å². The van der Waals surface area contributed by atoms with Crippen LogP contribution in [-0.2, 0) is 24.2 Å². The number of fused-ring (bicyclic) bond motifs is 1. The van der Waals surface area contributed by atoms with Crippen molar-refractivity contribution in [2.45, 2.75) is 38.6 Å². The molecule has 0 aliphatic rings. The van der Waals surface area contributed by atoms with Crippen molar-refractivity contribution in [1.29, 1.82) is 0 Å². The van der Waals surface area contributed by atoms with Gasteiger partial charge in [0.2, 0.25) is 5.91 Å². The summed E-state index contributed by atoms with van der Waals surface area (Å²) in [6, 6.07) is 26.8. The van der Waals surface area contributed by atoms with Crippen LogP contribution < -0.4 is 5.32 Å². The molecule has 33 heavy (non-hydrogen) atoms. The maximum absolute atomic E-state index is 12.3. The number of aryl methyl sites for hydroxylation is 1. The van der Waals surface area contributed by atoms with E-state index in [9.17, 15) is 4.79 Å². The predicted octanol–water partition coefficient (Wildman–Crippen LogP) is 5.96. The summed E-state index contributed by atoms with van der Waals surface area (Å²) in [4.78, 5) is 17.1. The SMILES string of the molecule is C=CCn1c(CCCCCNC(=O)Cc2ccc(-c3ccccc3)cc2)nc2ccccc21. The molecule has 0 radical (unpaired) electrons. The first kappa shape index (κ1) is 22.5. The fraction of sp³-hybridized carbons (Fsp3) is 0.241. The molecule has 1 heterocycles. The van der Waals surface area contributed by atoms with Crippen molar-refractivity contribution in [2.75, 3.05) is 6.54 Å². The highest BCUT2D eigenvalue weighted by Crippen LogP contribution is 2.20. The van der Waals surface area contributed by atoms with Crippen LogP contribution in [0.1, 0.15) is 30.7 Å². The van der Waals surface area contributed by atoms with Gasteiger partial charge in [-0.2, -0.15) is 0 Å². The summed E-state index contributed by atoms with van der Waals surface area (Å²) >= 11 is 0. The normalized spacial score (nSPS) is 10.9. The van der Waals surface area contributed by atoms with Crippen LogP contribution in [0.25, 0.3) is 22.2 Å². The van der Waals surface area contributed by atoms with Crippen LogP contribution in [0, 0.1) is 0 Å². The molecule has 168 valence electrons. The van der Waals surface area contributed by atoms with E-state index in [4.69, 9.17) is 4.98 Å². The molecule has 3 aromatic carbocycles. The number of allylic oxidation sites excluding steroid dienone is 1. The number of nitrogens with one attached hydrogen (secondary N) is 1. The molecule has 0 aliphatic heterocycles. The van der Waals surface area contributed by atoms with Crippen LogP contribution in [-0.4, -0.2) is 22.0 Å². The number of amides is 1. The Hall–Kier alpha value is -3.66. The topological polar surface area (TPSA) is 46.9 Å². The summed E-state index contributed by atoms with van der Waals surface area (Å²) in [5, 5.41) is 3.06. The lowest BCUT2D eigenvalue weighted by molar-refractivity contribution is -0.120. The molecule has 0 bridgehead atoms. The molecule has 0 saturated carbocycles. The number of imidazole rings is 1. The van der Waals surface area contributed by atoms with Gasteiger partial charge in [-0.15, -0.1) is 6.58 Å². The molecule has 4 heteroatoms. The Labute approximate surface area is 196 Å². The average Bonchev–Trinajstić information content (AvgIpc) is 3.20. The third-order valence-corrected chi connectivity index (χ3v) is 5.87. The van der Waals surface area contributed by atoms with E-state index in [0.717, 1.165) is 54.6 Å². The van der Waals surface area contributed by atoms with E-state index >= 15 is 0 Å². The van der Waals surface area contributed by atoms with E-state index in [1.807, 2.05) is 48.5 Å². The molecule has 4 aromatic rings. The second-order valence-electron chi connectivity index (χ2n) is 8.32. The fourth-order valence-corrected chi connectivity index (χ4v) is 4.16. The van der Waals surface area contributed by atoms with Gasteiger partial charge in [-0.3, -0.25) is 4.79 Å². The molecule has 0 aliphatic carbocycles. The predicted molar refractivity (Wildman–Crippen MR) is 136 cm³/mol. The second-order valence-corrected chi connectivity index (χ2v) is 8.32. The van der Waals surface area contributed by atoms with E-state index in [0.29, 0.717) is 13.0 Å². The van der Waals surface area contributed by atoms with Gasteiger partial charge in [0.05, 0.1) is 17.5 Å². The summed E-state index contributed by atoms with van der Waals surface area (Å²) in [6.07, 6.45) is 6.36. The summed E-state index contributed by atoms with van der Waals surface area (Å²) in [7, 11) is 0. The van der Waals surface area contributed by atoms with Crippen LogP contribution in [0.15, 0.2) is 91.5 Å². The zero-order valence-corrected chi connectivity index (χ0v) is 19.0. The highest BCUT2D eigenvalue weighted by Gasteiger charge is 2.09. The van der Waals surface area contributed by atoms with Gasteiger partial charge in [-0.25, -0.2) is 4.98 Å². The van der Waals surface area contributed by atoms with Crippen LogP contribution in [0.3, 0.4) is 0 Å². The molecule has 1 N–H and O–H groups in total. The van der Waals surface area contributed by atoms with Gasteiger partial charge < -0.3 is 9.88 Å². The molecule has 0 saturated heterocycles. The van der Waals surface area contributed by atoms with E-state index in [1.165, 1.54) is 11.1 Å². The van der Waals surface area contributed by atoms with Gasteiger partial charge in [0.1, 0.15) is 5.82 Å². The number of unbranched alkanes of at least 4 members (excludes halogenated alkanes) is 2. The number of hydrogen-bond acceptors (Lipinski definition) is 2. The molecule has 4 nitrogen and oxygen atoms in total. The van der Waals surface area contributed by atoms with Gasteiger partial charge >= 0.3 is 0 Å². The summed E-state index contributed by atoms with van der Waals surface area (Å²) in [5.41, 5.74) is 5.60. The van der Waals surface area contributed by atoms with Crippen LogP contribution in [0.4, 0.5) is 0 Å². The van der Waals surface area contributed by atoms with E-state index in [2.05, 4.69) is 52.9 Å². The average molecular weight is 438 g/mol. The minimum Gasteiger partial charge on any atom is -0.356 e. The zero-order valence-electron chi connectivity index (χ0n) is 19.0. The number of para-hydroxylation sites is 2. The lowest BCUT2D eigenvalue weighted by atomic mass is 10.0. The Morgan fingerprint density at radius 3 is 2.39 bits per heavy atom. The van der Waals surface area contributed by atoms with Crippen LogP contribution in [0.2, 0.25) is 0 Å². The van der Waals surface area contributed by atoms with Crippen molar-refractivity contribution < 1.29 is 4.79 Å². The Balaban J connectivity index is 1.18. The molecular formula is C29H31N3O. The van der Waals surface area contributed by atoms with Gasteiger partial charge in [-0.05, 0) is 41.7 Å². The molecule has 0 fully saturated rings. The van der Waals surface area contributed by atoms with Crippen LogP contribution in [0.5, 0.6) is 0 Å². The van der Waals surface area contributed by atoms with Crippen molar-refractivity contribution in [2.24, 2.45) is 0 Å². The number of nitrogens with zero attached hydrogens (tertiary/aromatic N) is 2.